The maximum absolute atomic E-state index is 12.1. The van der Waals surface area contributed by atoms with Crippen molar-refractivity contribution in [2.75, 3.05) is 5.32 Å². The molecule has 0 fully saturated rings. The Kier molecular flexibility index (Phi) is 5.36. The molecule has 5 nitrogen and oxygen atoms in total. The van der Waals surface area contributed by atoms with E-state index in [1.807, 2.05) is 0 Å². The van der Waals surface area contributed by atoms with Crippen molar-refractivity contribution >= 4 is 29.1 Å². The minimum absolute atomic E-state index is 0.145. The number of nitrogens with two attached hydrogens (primary N) is 1. The zero-order valence-corrected chi connectivity index (χ0v) is 13.3. The molecule has 1 atom stereocenters. The Morgan fingerprint density at radius 3 is 2.48 bits per heavy atom. The summed E-state index contributed by atoms with van der Waals surface area (Å²) in [4.78, 5) is 23.6. The average molecular weight is 333 g/mol. The van der Waals surface area contributed by atoms with E-state index in [0.717, 1.165) is 0 Å². The number of hydrogen-bond acceptors (Lipinski definition) is 3. The van der Waals surface area contributed by atoms with Gasteiger partial charge in [-0.15, -0.1) is 0 Å². The van der Waals surface area contributed by atoms with Crippen molar-refractivity contribution in [2.45, 2.75) is 19.4 Å². The topological polar surface area (TPSA) is 92.4 Å². The Morgan fingerprint density at radius 2 is 1.87 bits per heavy atom. The van der Waals surface area contributed by atoms with Crippen molar-refractivity contribution in [1.29, 1.82) is 0 Å². The fourth-order valence-electron chi connectivity index (χ4n) is 2.28. The summed E-state index contributed by atoms with van der Waals surface area (Å²) >= 11 is 5.79. The first kappa shape index (κ1) is 17.0. The first-order valence-corrected chi connectivity index (χ1v) is 7.39. The Hall–Kier alpha value is -2.37. The summed E-state index contributed by atoms with van der Waals surface area (Å²) in [7, 11) is 0. The van der Waals surface area contributed by atoms with Gasteiger partial charge in [0, 0.05) is 5.02 Å². The molecule has 2 aromatic carbocycles. The summed E-state index contributed by atoms with van der Waals surface area (Å²) in [6.07, 6.45) is -1.11. The predicted octanol–water partition coefficient (Wildman–Crippen LogP) is 2.81. The van der Waals surface area contributed by atoms with E-state index >= 15 is 0 Å². The molecule has 0 aliphatic carbocycles. The van der Waals surface area contributed by atoms with E-state index in [0.29, 0.717) is 21.8 Å². The zero-order valence-electron chi connectivity index (χ0n) is 12.5. The summed E-state index contributed by atoms with van der Waals surface area (Å²) in [5.74, 6) is -1.03. The van der Waals surface area contributed by atoms with Crippen molar-refractivity contribution in [3.8, 4) is 0 Å². The van der Waals surface area contributed by atoms with Crippen LogP contribution in [0.4, 0.5) is 5.69 Å². The van der Waals surface area contributed by atoms with Crippen molar-refractivity contribution in [2.24, 2.45) is 5.73 Å². The van der Waals surface area contributed by atoms with Gasteiger partial charge in [-0.05, 0) is 36.2 Å². The smallest absolute Gasteiger partial charge is 0.251 e. The molecule has 0 saturated heterocycles. The molecule has 0 aliphatic rings. The van der Waals surface area contributed by atoms with Gasteiger partial charge in [-0.1, -0.05) is 35.9 Å². The standard InChI is InChI=1S/C17H17ClN2O3/c1-10-3-2-4-13(16(10)17(19)23)20-15(22)9-14(21)11-5-7-12(18)8-6-11/h2-8,14,21H,9H2,1H3,(H2,19,23)(H,20,22). The summed E-state index contributed by atoms with van der Waals surface area (Å²) < 4.78 is 0. The van der Waals surface area contributed by atoms with E-state index in [-0.39, 0.29) is 12.0 Å². The zero-order chi connectivity index (χ0) is 17.0. The molecule has 0 aromatic heterocycles. The van der Waals surface area contributed by atoms with Crippen LogP contribution in [-0.4, -0.2) is 16.9 Å². The van der Waals surface area contributed by atoms with Crippen LogP contribution < -0.4 is 11.1 Å². The second kappa shape index (κ2) is 7.26. The van der Waals surface area contributed by atoms with Crippen LogP contribution in [0, 0.1) is 6.92 Å². The summed E-state index contributed by atoms with van der Waals surface area (Å²) in [6, 6.07) is 11.6. The third kappa shape index (κ3) is 4.31. The number of hydrogen-bond donors (Lipinski definition) is 3. The molecule has 0 heterocycles. The predicted molar refractivity (Wildman–Crippen MR) is 89.4 cm³/mol. The highest BCUT2D eigenvalue weighted by Crippen LogP contribution is 2.22. The number of aliphatic hydroxyl groups excluding tert-OH is 1. The first-order chi connectivity index (χ1) is 10.9. The van der Waals surface area contributed by atoms with Gasteiger partial charge in [0.15, 0.2) is 0 Å². The molecule has 4 N–H and O–H groups in total. The number of carbonyl (C=O) groups is 2. The number of anilines is 1. The number of aryl methyl sites for hydroxylation is 1. The summed E-state index contributed by atoms with van der Waals surface area (Å²) in [6.45, 7) is 1.73. The molecule has 0 bridgehead atoms. The molecule has 0 aliphatic heterocycles. The molecule has 2 rings (SSSR count). The van der Waals surface area contributed by atoms with Gasteiger partial charge in [0.25, 0.3) is 5.91 Å². The van der Waals surface area contributed by atoms with Crippen molar-refractivity contribution in [1.82, 2.24) is 0 Å². The Morgan fingerprint density at radius 1 is 1.22 bits per heavy atom. The number of benzene rings is 2. The minimum Gasteiger partial charge on any atom is -0.388 e. The van der Waals surface area contributed by atoms with Gasteiger partial charge in [0.05, 0.1) is 23.8 Å². The van der Waals surface area contributed by atoms with Crippen LogP contribution in [0.5, 0.6) is 0 Å². The lowest BCUT2D eigenvalue weighted by Gasteiger charge is -2.14. The highest BCUT2D eigenvalue weighted by Gasteiger charge is 2.16. The highest BCUT2D eigenvalue weighted by molar-refractivity contribution is 6.30. The summed E-state index contributed by atoms with van der Waals surface area (Å²) in [5, 5.41) is 13.3. The van der Waals surface area contributed by atoms with Crippen LogP contribution in [-0.2, 0) is 4.79 Å². The van der Waals surface area contributed by atoms with E-state index in [1.165, 1.54) is 0 Å². The fraction of sp³-hybridized carbons (Fsp3) is 0.176. The van der Waals surface area contributed by atoms with Crippen LogP contribution in [0.1, 0.15) is 34.0 Å². The number of rotatable bonds is 5. The van der Waals surface area contributed by atoms with Gasteiger partial charge in [0.1, 0.15) is 0 Å². The maximum atomic E-state index is 12.1. The number of carbonyl (C=O) groups excluding carboxylic acids is 2. The molecular formula is C17H17ClN2O3. The maximum Gasteiger partial charge on any atom is 0.251 e. The lowest BCUT2D eigenvalue weighted by Crippen LogP contribution is -2.20. The van der Waals surface area contributed by atoms with E-state index in [9.17, 15) is 14.7 Å². The Balaban J connectivity index is 2.09. The molecule has 0 spiro atoms. The largest absolute Gasteiger partial charge is 0.388 e. The van der Waals surface area contributed by atoms with Crippen LogP contribution in [0.25, 0.3) is 0 Å². The average Bonchev–Trinajstić information content (AvgIpc) is 2.47. The molecule has 23 heavy (non-hydrogen) atoms. The molecular weight excluding hydrogens is 316 g/mol. The molecule has 1 unspecified atom stereocenters. The van der Waals surface area contributed by atoms with E-state index in [1.54, 1.807) is 49.4 Å². The molecule has 120 valence electrons. The monoisotopic (exact) mass is 332 g/mol. The summed E-state index contributed by atoms with van der Waals surface area (Å²) in [5.41, 5.74) is 7.21. The lowest BCUT2D eigenvalue weighted by molar-refractivity contribution is -0.118. The molecule has 0 radical (unpaired) electrons. The molecule has 2 aromatic rings. The quantitative estimate of drug-likeness (QED) is 0.786. The third-order valence-corrected chi connectivity index (χ3v) is 3.68. The number of halogens is 1. The normalized spacial score (nSPS) is 11.8. The molecule has 0 saturated carbocycles. The van der Waals surface area contributed by atoms with Gasteiger partial charge in [-0.3, -0.25) is 9.59 Å². The SMILES string of the molecule is Cc1cccc(NC(=O)CC(O)c2ccc(Cl)cc2)c1C(N)=O. The number of aliphatic hydroxyl groups is 1. The third-order valence-electron chi connectivity index (χ3n) is 3.43. The van der Waals surface area contributed by atoms with E-state index in [2.05, 4.69) is 5.32 Å². The van der Waals surface area contributed by atoms with Crippen LogP contribution in [0.2, 0.25) is 5.02 Å². The van der Waals surface area contributed by atoms with Crippen molar-refractivity contribution < 1.29 is 14.7 Å². The number of primary amides is 1. The Labute approximate surface area is 139 Å². The van der Waals surface area contributed by atoms with Crippen LogP contribution in [0.15, 0.2) is 42.5 Å². The van der Waals surface area contributed by atoms with Gasteiger partial charge in [0.2, 0.25) is 5.91 Å². The molecule has 2 amide bonds. The second-order valence-electron chi connectivity index (χ2n) is 5.18. The van der Waals surface area contributed by atoms with Crippen molar-refractivity contribution in [3.05, 3.63) is 64.2 Å². The minimum atomic E-state index is -0.964. The lowest BCUT2D eigenvalue weighted by atomic mass is 10.0. The van der Waals surface area contributed by atoms with E-state index < -0.39 is 17.9 Å². The molecule has 6 heteroatoms. The first-order valence-electron chi connectivity index (χ1n) is 7.01. The second-order valence-corrected chi connectivity index (χ2v) is 5.62. The number of nitrogens with one attached hydrogen (secondary N) is 1. The number of amides is 2. The van der Waals surface area contributed by atoms with E-state index in [4.69, 9.17) is 17.3 Å². The van der Waals surface area contributed by atoms with Gasteiger partial charge < -0.3 is 16.2 Å². The fourth-order valence-corrected chi connectivity index (χ4v) is 2.40. The van der Waals surface area contributed by atoms with Gasteiger partial charge in [-0.2, -0.15) is 0 Å². The van der Waals surface area contributed by atoms with Crippen LogP contribution >= 0.6 is 11.6 Å². The van der Waals surface area contributed by atoms with Gasteiger partial charge in [-0.25, -0.2) is 0 Å². The van der Waals surface area contributed by atoms with Gasteiger partial charge >= 0.3 is 0 Å². The highest BCUT2D eigenvalue weighted by atomic mass is 35.5. The van der Waals surface area contributed by atoms with Crippen LogP contribution in [0.3, 0.4) is 0 Å². The Bertz CT molecular complexity index is 729. The van der Waals surface area contributed by atoms with Crippen molar-refractivity contribution in [3.63, 3.8) is 0 Å².